The summed E-state index contributed by atoms with van der Waals surface area (Å²) in [6.07, 6.45) is -17.5. The zero-order valence-corrected chi connectivity index (χ0v) is 21.3. The van der Waals surface area contributed by atoms with Crippen LogP contribution in [0, 0.1) is 5.92 Å². The average molecular weight is 559 g/mol. The topological polar surface area (TPSA) is 248 Å². The van der Waals surface area contributed by atoms with Gasteiger partial charge in [-0.25, -0.2) is 0 Å². The first-order valence-corrected chi connectivity index (χ1v) is 12.6. The maximum atomic E-state index is 10.4. The smallest absolute Gasteiger partial charge is 0.183 e. The van der Waals surface area contributed by atoms with Crippen LogP contribution in [0.3, 0.4) is 0 Å². The first-order valence-electron chi connectivity index (χ1n) is 12.6. The van der Waals surface area contributed by atoms with Gasteiger partial charge < -0.3 is 74.7 Å². The number of aliphatic hydroxyl groups is 10. The van der Waals surface area contributed by atoms with Gasteiger partial charge in [-0.1, -0.05) is 0 Å². The summed E-state index contributed by atoms with van der Waals surface area (Å²) < 4.78 is 27.6. The summed E-state index contributed by atoms with van der Waals surface area (Å²) in [7, 11) is 0. The monoisotopic (exact) mass is 558 g/mol. The molecule has 15 nitrogen and oxygen atoms in total. The lowest BCUT2D eigenvalue weighted by atomic mass is 9.89. The largest absolute Gasteiger partial charge is 0.394 e. The SMILES string of the molecule is CC(C)(CC1OC(CO)C(O)C(O)C1O)OCC1OC(COCC2COC(O)C(O)C2O)C(O)C(O)C1O. The number of aliphatic hydroxyl groups excluding tert-OH is 10. The van der Waals surface area contributed by atoms with E-state index in [-0.39, 0.29) is 32.8 Å². The summed E-state index contributed by atoms with van der Waals surface area (Å²) in [5.74, 6) is -0.660. The molecule has 0 bridgehead atoms. The number of hydrogen-bond donors (Lipinski definition) is 10. The van der Waals surface area contributed by atoms with Crippen LogP contribution in [0.2, 0.25) is 0 Å². The van der Waals surface area contributed by atoms with E-state index in [4.69, 9.17) is 23.7 Å². The third-order valence-electron chi connectivity index (χ3n) is 7.35. The van der Waals surface area contributed by atoms with E-state index >= 15 is 0 Å². The summed E-state index contributed by atoms with van der Waals surface area (Å²) in [6.45, 7) is 2.07. The Bertz CT molecular complexity index is 725. The van der Waals surface area contributed by atoms with Gasteiger partial charge in [0.05, 0.1) is 50.8 Å². The third-order valence-corrected chi connectivity index (χ3v) is 7.35. The molecule has 224 valence electrons. The zero-order chi connectivity index (χ0) is 28.4. The van der Waals surface area contributed by atoms with Crippen molar-refractivity contribution < 1.29 is 74.7 Å². The van der Waals surface area contributed by atoms with Gasteiger partial charge in [0.15, 0.2) is 6.29 Å². The number of ether oxygens (including phenoxy) is 5. The van der Waals surface area contributed by atoms with E-state index in [0.717, 1.165) is 0 Å². The molecule has 0 aromatic heterocycles. The standard InChI is InChI=1S/C23H42O15/c1-23(2,3-10-15(26)19(30)16(27)11(4-24)37-10)36-8-13-18(29)20(31)17(28)12(38-13)7-34-5-9-6-35-22(33)21(32)14(9)25/h9-22,24-33H,3-8H2,1-2H3. The minimum absolute atomic E-state index is 0.0291. The number of hydrogen-bond acceptors (Lipinski definition) is 15. The quantitative estimate of drug-likeness (QED) is 0.120. The molecule has 3 heterocycles. The van der Waals surface area contributed by atoms with Gasteiger partial charge in [0.2, 0.25) is 0 Å². The van der Waals surface area contributed by atoms with E-state index in [1.807, 2.05) is 0 Å². The molecule has 3 rings (SSSR count). The van der Waals surface area contributed by atoms with Crippen LogP contribution in [-0.4, -0.2) is 169 Å². The summed E-state index contributed by atoms with van der Waals surface area (Å²) in [6, 6.07) is 0. The molecule has 10 N–H and O–H groups in total. The van der Waals surface area contributed by atoms with Crippen LogP contribution in [0.1, 0.15) is 20.3 Å². The van der Waals surface area contributed by atoms with Gasteiger partial charge in [0.25, 0.3) is 0 Å². The van der Waals surface area contributed by atoms with Crippen LogP contribution >= 0.6 is 0 Å². The lowest BCUT2D eigenvalue weighted by molar-refractivity contribution is -0.261. The first kappa shape index (κ1) is 31.9. The van der Waals surface area contributed by atoms with Crippen molar-refractivity contribution in [3.8, 4) is 0 Å². The van der Waals surface area contributed by atoms with Crippen molar-refractivity contribution in [2.75, 3.05) is 33.0 Å². The number of rotatable bonds is 10. The van der Waals surface area contributed by atoms with Gasteiger partial charge in [-0.2, -0.15) is 0 Å². The van der Waals surface area contributed by atoms with E-state index < -0.39 is 97.7 Å². The Morgan fingerprint density at radius 2 is 1.16 bits per heavy atom. The van der Waals surface area contributed by atoms with Gasteiger partial charge >= 0.3 is 0 Å². The lowest BCUT2D eigenvalue weighted by Gasteiger charge is -2.44. The molecular formula is C23H42O15. The fourth-order valence-corrected chi connectivity index (χ4v) is 4.85. The van der Waals surface area contributed by atoms with Crippen LogP contribution in [0.25, 0.3) is 0 Å². The van der Waals surface area contributed by atoms with Crippen molar-refractivity contribution in [2.24, 2.45) is 5.92 Å². The van der Waals surface area contributed by atoms with E-state index in [9.17, 15) is 51.1 Å². The van der Waals surface area contributed by atoms with Gasteiger partial charge in [0.1, 0.15) is 61.0 Å². The molecule has 3 aliphatic heterocycles. The molecule has 0 aliphatic carbocycles. The molecule has 15 heteroatoms. The summed E-state index contributed by atoms with van der Waals surface area (Å²) >= 11 is 0. The van der Waals surface area contributed by atoms with Gasteiger partial charge in [0, 0.05) is 12.3 Å². The average Bonchev–Trinajstić information content (AvgIpc) is 2.88. The molecule has 0 radical (unpaired) electrons. The highest BCUT2D eigenvalue weighted by Crippen LogP contribution is 2.30. The van der Waals surface area contributed by atoms with Crippen molar-refractivity contribution in [3.63, 3.8) is 0 Å². The normalized spacial score (nSPS) is 46.7. The molecule has 3 aliphatic rings. The molecule has 3 fully saturated rings. The molecule has 0 aromatic rings. The van der Waals surface area contributed by atoms with Crippen LogP contribution < -0.4 is 0 Å². The van der Waals surface area contributed by atoms with E-state index in [2.05, 4.69) is 0 Å². The molecule has 0 saturated carbocycles. The van der Waals surface area contributed by atoms with Crippen LogP contribution in [0.15, 0.2) is 0 Å². The second-order valence-electron chi connectivity index (χ2n) is 10.8. The van der Waals surface area contributed by atoms with Gasteiger partial charge in [-0.05, 0) is 13.8 Å². The molecule has 0 spiro atoms. The maximum Gasteiger partial charge on any atom is 0.183 e. The van der Waals surface area contributed by atoms with E-state index in [1.165, 1.54) is 0 Å². The zero-order valence-electron chi connectivity index (χ0n) is 21.3. The Morgan fingerprint density at radius 3 is 1.76 bits per heavy atom. The molecule has 38 heavy (non-hydrogen) atoms. The Labute approximate surface area is 219 Å². The molecule has 0 aromatic carbocycles. The lowest BCUT2D eigenvalue weighted by Crippen LogP contribution is -2.61. The van der Waals surface area contributed by atoms with Gasteiger partial charge in [-0.3, -0.25) is 0 Å². The fraction of sp³-hybridized carbons (Fsp3) is 1.00. The van der Waals surface area contributed by atoms with Crippen molar-refractivity contribution in [1.82, 2.24) is 0 Å². The molecule has 0 amide bonds. The second kappa shape index (κ2) is 13.4. The van der Waals surface area contributed by atoms with Crippen LogP contribution in [0.4, 0.5) is 0 Å². The van der Waals surface area contributed by atoms with Crippen LogP contribution in [-0.2, 0) is 23.7 Å². The highest BCUT2D eigenvalue weighted by Gasteiger charge is 2.47. The summed E-state index contributed by atoms with van der Waals surface area (Å²) in [5.41, 5.74) is -1.02. The summed E-state index contributed by atoms with van der Waals surface area (Å²) in [5, 5.41) is 100.0. The highest BCUT2D eigenvalue weighted by molar-refractivity contribution is 4.95. The summed E-state index contributed by atoms with van der Waals surface area (Å²) in [4.78, 5) is 0. The van der Waals surface area contributed by atoms with Crippen molar-refractivity contribution in [2.45, 2.75) is 105 Å². The minimum atomic E-state index is -1.58. The van der Waals surface area contributed by atoms with E-state index in [1.54, 1.807) is 13.8 Å². The predicted molar refractivity (Wildman–Crippen MR) is 123 cm³/mol. The van der Waals surface area contributed by atoms with Crippen molar-refractivity contribution >= 4 is 0 Å². The first-order chi connectivity index (χ1) is 17.8. The highest BCUT2D eigenvalue weighted by atomic mass is 16.6. The van der Waals surface area contributed by atoms with Crippen molar-refractivity contribution in [1.29, 1.82) is 0 Å². The Morgan fingerprint density at radius 1 is 0.632 bits per heavy atom. The molecular weight excluding hydrogens is 516 g/mol. The van der Waals surface area contributed by atoms with Crippen LogP contribution in [0.5, 0.6) is 0 Å². The third kappa shape index (κ3) is 7.37. The molecule has 3 saturated heterocycles. The van der Waals surface area contributed by atoms with Crippen molar-refractivity contribution in [3.05, 3.63) is 0 Å². The van der Waals surface area contributed by atoms with E-state index in [0.29, 0.717) is 0 Å². The molecule has 14 atom stereocenters. The Balaban J connectivity index is 1.52. The van der Waals surface area contributed by atoms with Gasteiger partial charge in [-0.15, -0.1) is 0 Å². The Hall–Kier alpha value is -0.600. The maximum absolute atomic E-state index is 10.4. The predicted octanol–water partition coefficient (Wildman–Crippen LogP) is -5.43. The molecule has 14 unspecified atom stereocenters. The minimum Gasteiger partial charge on any atom is -0.394 e. The second-order valence-corrected chi connectivity index (χ2v) is 10.8. The Kier molecular flexibility index (Phi) is 11.2. The fourth-order valence-electron chi connectivity index (χ4n) is 4.85.